The predicted molar refractivity (Wildman–Crippen MR) is 509 cm³/mol. The minimum Gasteiger partial charge on any atom is -0.444 e. The Morgan fingerprint density at radius 2 is 0.764 bits per heavy atom. The number of nitro groups is 3. The number of anilines is 2. The summed E-state index contributed by atoms with van der Waals surface area (Å²) in [6.07, 6.45) is 4.75. The number of hydrogen-bond donors (Lipinski definition) is 3. The molecule has 4 N–H and O–H groups in total. The SMILES string of the molecule is CC(C)(C)OC(=O)N1C=C(OS(=O)(=O)C(F)(F)F)CC1.CC(C)(C)OC(=O)N1C=C(c2ccc([N+](=O)[O-])cc2)CC1.CC(C)(C)OC(=O)N1CC=C(OS(=O)(=O)C(F)(F)F)C1.CC(C)(C)OC(=O)N1CC=C(c2ccc([N+](=O)[O-])cc2)C1.CC(C)(C)OC(=O)N1CCC(=O)C1.CC(C)(C)OC(=O)N1CCC(c2ccc(N)cc2)C1.O=S(=O)(N(c1ccccc1)S(=O)(=O)C(F)(F)F)C(F)(F)F.O=[N+]([O-])c1ccc(B(O)O)cc1.[HH].[Pd]. The topological polar surface area (TPSA) is 548 Å². The average Bonchev–Trinajstić information content (AvgIpc) is 1.47. The van der Waals surface area contributed by atoms with Crippen LogP contribution in [0.3, 0.4) is 0 Å². The molecule has 148 heavy (non-hydrogen) atoms. The fraction of sp³-hybridized carbons (Fsp3) is 0.489. The Labute approximate surface area is 860 Å². The molecule has 6 heterocycles. The number of likely N-dealkylation sites (tertiary alicyclic amines) is 2. The zero-order chi connectivity index (χ0) is 113. The number of carbonyl (C=O) groups excluding carboxylic acids is 7. The fourth-order valence-electron chi connectivity index (χ4n) is 11.9. The van der Waals surface area contributed by atoms with Crippen LogP contribution in [-0.4, -0.2) is 258 Å². The first-order valence-electron chi connectivity index (χ1n) is 43.4. The molecule has 6 amide bonds. The largest absolute Gasteiger partial charge is 0.534 e. The summed E-state index contributed by atoms with van der Waals surface area (Å²) in [6.45, 7) is 34.9. The predicted octanol–water partition coefficient (Wildman–Crippen LogP) is 17.0. The van der Waals surface area contributed by atoms with E-state index in [4.69, 9.17) is 44.2 Å². The van der Waals surface area contributed by atoms with Gasteiger partial charge in [-0.25, -0.2) is 28.8 Å². The summed E-state index contributed by atoms with van der Waals surface area (Å²) in [5, 5.41) is 48.7. The number of nitro benzene ring substituents is 3. The average molecular weight is 2300 g/mol. The number of sulfonamides is 2. The van der Waals surface area contributed by atoms with E-state index >= 15 is 0 Å². The number of Topliss-reactive ketones (excluding diaryl/α,β-unsaturated/α-hetero) is 1. The summed E-state index contributed by atoms with van der Waals surface area (Å²) in [5.74, 6) is -0.444. The van der Waals surface area contributed by atoms with Gasteiger partial charge in [0.2, 0.25) is 0 Å². The Bertz CT molecular complexity index is 6040. The Kier molecular flexibility index (Phi) is 45.5. The molecule has 0 radical (unpaired) electrons. The first-order chi connectivity index (χ1) is 66.7. The van der Waals surface area contributed by atoms with Gasteiger partial charge in [-0.05, 0) is 225 Å². The molecule has 42 nitrogen and oxygen atoms in total. The number of carbonyl (C=O) groups is 7. The van der Waals surface area contributed by atoms with Crippen LogP contribution in [0.1, 0.15) is 174 Å². The summed E-state index contributed by atoms with van der Waals surface area (Å²) in [7, 11) is -26.6. The van der Waals surface area contributed by atoms with Crippen molar-refractivity contribution in [2.24, 2.45) is 0 Å². The molecule has 0 aromatic heterocycles. The first kappa shape index (κ1) is 130. The summed E-state index contributed by atoms with van der Waals surface area (Å²) in [5.41, 5.74) is -16.6. The molecule has 11 rings (SSSR count). The molecule has 1 atom stereocenters. The molecule has 6 aliphatic rings. The molecule has 0 spiro atoms. The molecule has 828 valence electrons. The van der Waals surface area contributed by atoms with Gasteiger partial charge in [-0.15, -0.1) is 3.71 Å². The molecule has 0 saturated carbocycles. The van der Waals surface area contributed by atoms with Crippen molar-refractivity contribution in [1.82, 2.24) is 29.4 Å². The number of nitrogens with zero attached hydrogens (tertiary/aromatic N) is 10. The van der Waals surface area contributed by atoms with E-state index in [2.05, 4.69) is 8.37 Å². The van der Waals surface area contributed by atoms with Gasteiger partial charge in [-0.1, -0.05) is 48.5 Å². The van der Waals surface area contributed by atoms with Crippen LogP contribution in [0, 0.1) is 30.3 Å². The summed E-state index contributed by atoms with van der Waals surface area (Å²) in [6, 6.07) is 29.4. The number of rotatable bonds is 14. The monoisotopic (exact) mass is 2290 g/mol. The maximum Gasteiger partial charge on any atom is 0.534 e. The molecule has 60 heteroatoms. The van der Waals surface area contributed by atoms with Crippen LogP contribution >= 0.6 is 0 Å². The summed E-state index contributed by atoms with van der Waals surface area (Å²) >= 11 is 0. The molecule has 0 aliphatic carbocycles. The second-order valence-corrected chi connectivity index (χ2v) is 44.6. The minimum atomic E-state index is -6.81. The van der Waals surface area contributed by atoms with Crippen LogP contribution in [0.25, 0.3) is 11.1 Å². The molecular weight excluding hydrogens is 2180 g/mol. The maximum absolute atomic E-state index is 12.4. The number of ether oxygens (including phenoxy) is 6. The number of ketones is 1. The van der Waals surface area contributed by atoms with Gasteiger partial charge in [0.05, 0.1) is 33.5 Å². The molecule has 0 bridgehead atoms. The van der Waals surface area contributed by atoms with Gasteiger partial charge in [0.15, 0.2) is 5.78 Å². The van der Waals surface area contributed by atoms with Crippen molar-refractivity contribution in [3.8, 4) is 0 Å². The van der Waals surface area contributed by atoms with E-state index < -0.39 is 164 Å². The molecular formula is C88H114BF12N11O31PdS4. The van der Waals surface area contributed by atoms with Gasteiger partial charge in [-0.2, -0.15) is 86.4 Å². The van der Waals surface area contributed by atoms with Gasteiger partial charge in [0, 0.05) is 147 Å². The van der Waals surface area contributed by atoms with Crippen molar-refractivity contribution in [3.63, 3.8) is 0 Å². The third-order valence-electron chi connectivity index (χ3n) is 18.4. The maximum atomic E-state index is 12.4. The van der Waals surface area contributed by atoms with Crippen molar-refractivity contribution in [3.05, 3.63) is 210 Å². The molecule has 6 aliphatic heterocycles. The first-order valence-corrected chi connectivity index (χ1v) is 49.1. The van der Waals surface area contributed by atoms with E-state index in [1.807, 2.05) is 113 Å². The third kappa shape index (κ3) is 42.9. The van der Waals surface area contributed by atoms with Crippen LogP contribution in [0.4, 0.5) is 110 Å². The van der Waals surface area contributed by atoms with E-state index in [9.17, 15) is 150 Å². The number of halogens is 12. The van der Waals surface area contributed by atoms with Gasteiger partial charge >= 0.3 is 106 Å². The minimum absolute atomic E-state index is 0. The summed E-state index contributed by atoms with van der Waals surface area (Å²) < 4.78 is 272. The van der Waals surface area contributed by atoms with Gasteiger partial charge in [0.25, 0.3) is 17.1 Å². The number of nitrogen functional groups attached to an aromatic ring is 1. The molecule has 2 saturated heterocycles. The number of amides is 6. The van der Waals surface area contributed by atoms with E-state index in [0.717, 1.165) is 87.7 Å². The molecule has 5 aromatic rings. The van der Waals surface area contributed by atoms with Crippen LogP contribution in [0.2, 0.25) is 0 Å². The number of non-ortho nitro benzene ring substituents is 3. The van der Waals surface area contributed by atoms with E-state index in [0.29, 0.717) is 57.1 Å². The molecule has 5 aromatic carbocycles. The Balaban J connectivity index is 0.000000577. The quantitative estimate of drug-likeness (QED) is 0.0136. The van der Waals surface area contributed by atoms with Crippen LogP contribution in [0.15, 0.2) is 163 Å². The number of para-hydroxylation sites is 1. The number of alkyl halides is 12. The van der Waals surface area contributed by atoms with Crippen LogP contribution in [-0.2, 0) is 102 Å². The number of benzene rings is 5. The summed E-state index contributed by atoms with van der Waals surface area (Å²) in [4.78, 5) is 120. The van der Waals surface area contributed by atoms with E-state index in [1.165, 1.54) is 63.9 Å². The second kappa shape index (κ2) is 52.0. The van der Waals surface area contributed by atoms with Crippen LogP contribution in [0.5, 0.6) is 0 Å². The molecule has 1 unspecified atom stereocenters. The Hall–Kier alpha value is -12.6. The smallest absolute Gasteiger partial charge is 0.444 e. The number of hydrogen-bond acceptors (Lipinski definition) is 32. The molecule has 2 fully saturated rings. The second-order valence-electron chi connectivity index (χ2n) is 37.7. The number of nitrogens with two attached hydrogens (primary N) is 1. The van der Waals surface area contributed by atoms with E-state index in [1.54, 1.807) is 81.8 Å². The van der Waals surface area contributed by atoms with Crippen molar-refractivity contribution >= 4 is 135 Å². The van der Waals surface area contributed by atoms with E-state index in [-0.39, 0.29) is 94.5 Å². The standard InChI is InChI=1S/2C15H18N2O4.C15H22N2O2.2C10H14F3NO5S.C9H15NO3.C8H5F6NO4S2.C6H6BNO4.Pd.H2/c2*1-15(2,3)21-14(18)16-9-8-12(10-16)11-4-6-13(7-5-11)17(19)20;1-15(2,3)19-14(18)17-9-8-12(10-17)11-4-6-13(16)7-5-11;2*1-9(2,3)18-8(15)14-5-4-7(6-14)19-20(16,17)10(11,12)13;1-9(2,3)13-8(12)10-5-4-7(11)6-10;9-7(10,11)20(16,17)15(6-4-2-1-3-5-6)21(18,19)8(12,13)14;9-7(10)5-1-3-6(4-2-5)8(11)12;;/h4-7,10H,8-9H2,1-3H3;4-8H,9-10H2,1-3H3;4-7,12H,8-10,16H2,1-3H3;6H,4-5H2,1-3H3;4H,5-6H2,1-3H3;4-6H2,1-3H3;1-5H;1-4,9-10H;;1H. The zero-order valence-electron chi connectivity index (χ0n) is 82.8. The fourth-order valence-corrected chi connectivity index (χ4v) is 15.6. The zero-order valence-corrected chi connectivity index (χ0v) is 87.6. The normalized spacial score (nSPS) is 15.6. The van der Waals surface area contributed by atoms with Crippen molar-refractivity contribution in [2.45, 2.75) is 212 Å². The van der Waals surface area contributed by atoms with Gasteiger partial charge in [-0.3, -0.25) is 49.8 Å². The third-order valence-corrected chi connectivity index (χ3v) is 24.1. The van der Waals surface area contributed by atoms with Crippen molar-refractivity contribution in [2.75, 3.05) is 74.9 Å². The Morgan fingerprint density at radius 3 is 1.14 bits per heavy atom. The van der Waals surface area contributed by atoms with Crippen molar-refractivity contribution in [1.29, 1.82) is 0 Å². The Morgan fingerprint density at radius 1 is 0.412 bits per heavy atom. The van der Waals surface area contributed by atoms with Crippen LogP contribution < -0.4 is 14.9 Å². The van der Waals surface area contributed by atoms with Gasteiger partial charge < -0.3 is 67.3 Å². The van der Waals surface area contributed by atoms with Crippen molar-refractivity contribution < 1.29 is 203 Å². The van der Waals surface area contributed by atoms with Gasteiger partial charge in [0.1, 0.15) is 45.1 Å².